The standard InChI is InChI=1S/H6O9Si3/c1-10(8-11(2,3)4)9-12(5,6)7/h2-7H. The van der Waals surface area contributed by atoms with Crippen LogP contribution < -0.4 is 0 Å². The summed E-state index contributed by atoms with van der Waals surface area (Å²) in [5.41, 5.74) is 0. The largest absolute Gasteiger partial charge is 0.745 e. The molecule has 0 aliphatic rings. The van der Waals surface area contributed by atoms with E-state index >= 15 is 0 Å². The van der Waals surface area contributed by atoms with Crippen molar-refractivity contribution in [3.8, 4) is 0 Å². The minimum Gasteiger partial charge on any atom is -0.489 e. The van der Waals surface area contributed by atoms with Crippen LogP contribution in [0, 0.1) is 0 Å². The van der Waals surface area contributed by atoms with E-state index < -0.39 is 27.3 Å². The Balaban J connectivity index is 3.92. The van der Waals surface area contributed by atoms with Gasteiger partial charge in [-0.1, -0.05) is 0 Å². The van der Waals surface area contributed by atoms with E-state index in [2.05, 4.69) is 8.23 Å². The molecule has 9 nitrogen and oxygen atoms in total. The Morgan fingerprint density at radius 3 is 1.25 bits per heavy atom. The molecule has 0 aromatic rings. The maximum absolute atomic E-state index is 10.3. The third-order valence-electron chi connectivity index (χ3n) is 0.441. The molecule has 0 heterocycles. The summed E-state index contributed by atoms with van der Waals surface area (Å²) in [6.07, 6.45) is 0. The Morgan fingerprint density at radius 1 is 0.833 bits per heavy atom. The highest BCUT2D eigenvalue weighted by molar-refractivity contribution is 6.62. The van der Waals surface area contributed by atoms with E-state index in [-0.39, 0.29) is 0 Å². The van der Waals surface area contributed by atoms with E-state index in [0.29, 0.717) is 0 Å². The average molecular weight is 234 g/mol. The first-order valence-electron chi connectivity index (χ1n) is 2.36. The molecule has 0 radical (unpaired) electrons. The smallest absolute Gasteiger partial charge is 0.489 e. The van der Waals surface area contributed by atoms with E-state index in [0.717, 1.165) is 0 Å². The monoisotopic (exact) mass is 234 g/mol. The zero-order valence-corrected chi connectivity index (χ0v) is 8.41. The first-order valence-corrected chi connectivity index (χ1v) is 7.09. The summed E-state index contributed by atoms with van der Waals surface area (Å²) >= 11 is 0. The lowest BCUT2D eigenvalue weighted by molar-refractivity contribution is 0.0803. The van der Waals surface area contributed by atoms with Gasteiger partial charge in [-0.25, -0.2) is 0 Å². The average Bonchev–Trinajstić information content (AvgIpc) is 1.49. The lowest BCUT2D eigenvalue weighted by Crippen LogP contribution is -2.48. The lowest BCUT2D eigenvalue weighted by atomic mass is 15.6. The van der Waals surface area contributed by atoms with Crippen LogP contribution in [0.5, 0.6) is 0 Å². The predicted octanol–water partition coefficient (Wildman–Crippen LogP) is -4.74. The van der Waals surface area contributed by atoms with Gasteiger partial charge in [0.25, 0.3) is 0 Å². The van der Waals surface area contributed by atoms with Crippen molar-refractivity contribution in [3.05, 3.63) is 0 Å². The fourth-order valence-corrected chi connectivity index (χ4v) is 2.57. The van der Waals surface area contributed by atoms with Gasteiger partial charge < -0.3 is 37.0 Å². The van der Waals surface area contributed by atoms with Gasteiger partial charge in [0.15, 0.2) is 0 Å². The molecule has 12 heteroatoms. The predicted molar refractivity (Wildman–Crippen MR) is 33.4 cm³/mol. The molecule has 0 unspecified atom stereocenters. The molecule has 12 heavy (non-hydrogen) atoms. The first kappa shape index (κ1) is 11.8. The summed E-state index contributed by atoms with van der Waals surface area (Å²) in [4.78, 5) is 48.8. The molecule has 0 spiro atoms. The van der Waals surface area contributed by atoms with Gasteiger partial charge in [-0.2, -0.15) is 0 Å². The molecule has 0 saturated carbocycles. The second-order valence-corrected chi connectivity index (χ2v) is 6.03. The van der Waals surface area contributed by atoms with Gasteiger partial charge >= 0.3 is 27.3 Å². The molecule has 0 amide bonds. The molecule has 0 aromatic carbocycles. The van der Waals surface area contributed by atoms with Crippen LogP contribution >= 0.6 is 0 Å². The molecule has 0 aliphatic heterocycles. The molecule has 6 N–H and O–H groups in total. The van der Waals surface area contributed by atoms with E-state index in [1.165, 1.54) is 0 Å². The third kappa shape index (κ3) is 7.91. The second-order valence-electron chi connectivity index (χ2n) is 1.60. The van der Waals surface area contributed by atoms with Crippen LogP contribution in [0.15, 0.2) is 0 Å². The van der Waals surface area contributed by atoms with Gasteiger partial charge in [-0.05, 0) is 0 Å². The van der Waals surface area contributed by atoms with Crippen molar-refractivity contribution in [1.82, 2.24) is 0 Å². The number of hydrogen-bond donors (Lipinski definition) is 6. The Labute approximate surface area is 69.6 Å². The highest BCUT2D eigenvalue weighted by Gasteiger charge is 2.44. The van der Waals surface area contributed by atoms with Gasteiger partial charge in [0.2, 0.25) is 0 Å². The van der Waals surface area contributed by atoms with Gasteiger partial charge in [0.05, 0.1) is 0 Å². The van der Waals surface area contributed by atoms with E-state index in [9.17, 15) is 4.46 Å². The lowest BCUT2D eigenvalue weighted by Gasteiger charge is -2.12. The normalized spacial score (nSPS) is 12.5. The summed E-state index contributed by atoms with van der Waals surface area (Å²) in [5, 5.41) is 0. The fourth-order valence-electron chi connectivity index (χ4n) is 0.244. The zero-order chi connectivity index (χ0) is 9.99. The Hall–Kier alpha value is -0.189. The topological polar surface area (TPSA) is 157 Å². The van der Waals surface area contributed by atoms with E-state index in [1.807, 2.05) is 0 Å². The van der Waals surface area contributed by atoms with Crippen LogP contribution in [0.2, 0.25) is 0 Å². The Morgan fingerprint density at radius 2 is 1.08 bits per heavy atom. The molecule has 0 bridgehead atoms. The summed E-state index contributed by atoms with van der Waals surface area (Å²) in [5.74, 6) is 0. The second kappa shape index (κ2) is 3.68. The number of hydrogen-bond acceptors (Lipinski definition) is 9. The van der Waals surface area contributed by atoms with Gasteiger partial charge in [0.1, 0.15) is 0 Å². The maximum atomic E-state index is 10.3. The summed E-state index contributed by atoms with van der Waals surface area (Å²) < 4.78 is 17.3. The first-order chi connectivity index (χ1) is 5.10. The van der Waals surface area contributed by atoms with Crippen LogP contribution in [0.1, 0.15) is 0 Å². The SMILES string of the molecule is O=[Si](O[Si](O)(O)O)O[Si](O)(O)O. The zero-order valence-electron chi connectivity index (χ0n) is 5.41. The van der Waals surface area contributed by atoms with Crippen molar-refractivity contribution in [2.24, 2.45) is 0 Å². The highest BCUT2D eigenvalue weighted by Crippen LogP contribution is 1.94. The van der Waals surface area contributed by atoms with Gasteiger partial charge in [-0.15, -0.1) is 0 Å². The van der Waals surface area contributed by atoms with Crippen molar-refractivity contribution < 1.29 is 41.5 Å². The van der Waals surface area contributed by atoms with E-state index in [1.54, 1.807) is 0 Å². The summed E-state index contributed by atoms with van der Waals surface area (Å²) in [6.45, 7) is 0. The molecule has 0 fully saturated rings. The molecular formula is H6O9Si3. The van der Waals surface area contributed by atoms with Crippen molar-refractivity contribution >= 4 is 27.3 Å². The van der Waals surface area contributed by atoms with E-state index in [4.69, 9.17) is 28.8 Å². The Bertz CT molecular complexity index is 142. The van der Waals surface area contributed by atoms with Crippen LogP contribution in [-0.4, -0.2) is 56.0 Å². The van der Waals surface area contributed by atoms with Crippen molar-refractivity contribution in [3.63, 3.8) is 0 Å². The fraction of sp³-hybridized carbons (Fsp3) is 0. The molecular weight excluding hydrogens is 228 g/mol. The maximum Gasteiger partial charge on any atom is 0.745 e. The molecule has 72 valence electrons. The molecule has 0 rings (SSSR count). The molecule has 0 atom stereocenters. The third-order valence-corrected chi connectivity index (χ3v) is 3.96. The Kier molecular flexibility index (Phi) is 3.62. The van der Waals surface area contributed by atoms with Gasteiger partial charge in [-0.3, -0.25) is 4.46 Å². The summed E-state index contributed by atoms with van der Waals surface area (Å²) in [6, 6.07) is 0. The van der Waals surface area contributed by atoms with Crippen LogP contribution in [0.25, 0.3) is 0 Å². The minimum atomic E-state index is -5.02. The molecule has 0 aliphatic carbocycles. The van der Waals surface area contributed by atoms with Crippen molar-refractivity contribution in [2.45, 2.75) is 0 Å². The van der Waals surface area contributed by atoms with Crippen LogP contribution in [0.4, 0.5) is 0 Å². The minimum absolute atomic E-state index is 3.50. The van der Waals surface area contributed by atoms with Crippen molar-refractivity contribution in [1.29, 1.82) is 0 Å². The highest BCUT2D eigenvalue weighted by atomic mass is 28.5. The summed E-state index contributed by atoms with van der Waals surface area (Å²) in [7, 11) is -13.8. The molecule has 0 aromatic heterocycles. The molecule has 0 saturated heterocycles. The van der Waals surface area contributed by atoms with Gasteiger partial charge in [0, 0.05) is 0 Å². The van der Waals surface area contributed by atoms with Crippen molar-refractivity contribution in [2.75, 3.05) is 0 Å². The van der Waals surface area contributed by atoms with Crippen LogP contribution in [0.3, 0.4) is 0 Å². The quantitative estimate of drug-likeness (QED) is 0.263. The number of rotatable bonds is 4. The van der Waals surface area contributed by atoms with Crippen LogP contribution in [-0.2, 0) is 12.7 Å².